The number of nitro groups is 2. The molecule has 0 N–H and O–H groups in total. The fourth-order valence-corrected chi connectivity index (χ4v) is 3.00. The van der Waals surface area contributed by atoms with E-state index in [-0.39, 0.29) is 11.4 Å². The molecule has 2 aromatic carbocycles. The van der Waals surface area contributed by atoms with Crippen LogP contribution in [0.4, 0.5) is 11.4 Å². The van der Waals surface area contributed by atoms with Crippen molar-refractivity contribution in [1.82, 2.24) is 0 Å². The van der Waals surface area contributed by atoms with Crippen LogP contribution in [0.3, 0.4) is 0 Å². The molecule has 0 amide bonds. The van der Waals surface area contributed by atoms with Gasteiger partial charge in [-0.25, -0.2) is 0 Å². The zero-order valence-corrected chi connectivity index (χ0v) is 14.3. The SMILES string of the molecule is O=[N+]([O-])c1cc(-c2ccc(CBr)c([N+](=O)[O-])c2)ccc1CBr. The number of halogens is 2. The van der Waals surface area contributed by atoms with E-state index in [4.69, 9.17) is 0 Å². The van der Waals surface area contributed by atoms with Crippen LogP contribution in [-0.4, -0.2) is 9.85 Å². The van der Waals surface area contributed by atoms with Gasteiger partial charge in [-0.05, 0) is 11.1 Å². The van der Waals surface area contributed by atoms with E-state index in [0.717, 1.165) is 0 Å². The molecule has 0 saturated carbocycles. The summed E-state index contributed by atoms with van der Waals surface area (Å²) in [5.41, 5.74) is 2.23. The molecule has 0 unspecified atom stereocenters. The average molecular weight is 430 g/mol. The summed E-state index contributed by atoms with van der Waals surface area (Å²) in [4.78, 5) is 21.3. The monoisotopic (exact) mass is 428 g/mol. The van der Waals surface area contributed by atoms with E-state index >= 15 is 0 Å². The predicted octanol–water partition coefficient (Wildman–Crippen LogP) is 4.96. The predicted molar refractivity (Wildman–Crippen MR) is 90.4 cm³/mol. The van der Waals surface area contributed by atoms with Gasteiger partial charge in [-0.1, -0.05) is 56.1 Å². The third-order valence-electron chi connectivity index (χ3n) is 3.19. The summed E-state index contributed by atoms with van der Waals surface area (Å²) in [5.74, 6) is 0. The molecular weight excluding hydrogens is 420 g/mol. The molecule has 0 heterocycles. The molecule has 0 saturated heterocycles. The zero-order valence-electron chi connectivity index (χ0n) is 11.2. The first-order valence-corrected chi connectivity index (χ1v) is 8.39. The van der Waals surface area contributed by atoms with Crippen LogP contribution in [0.25, 0.3) is 11.1 Å². The molecule has 0 aliphatic heterocycles. The van der Waals surface area contributed by atoms with Gasteiger partial charge in [-0.15, -0.1) is 0 Å². The van der Waals surface area contributed by atoms with E-state index in [9.17, 15) is 20.2 Å². The third kappa shape index (κ3) is 3.33. The minimum absolute atomic E-state index is 0.0124. The van der Waals surface area contributed by atoms with Crippen molar-refractivity contribution in [3.05, 3.63) is 67.8 Å². The van der Waals surface area contributed by atoms with E-state index in [1.165, 1.54) is 12.1 Å². The number of nitro benzene ring substituents is 2. The maximum absolute atomic E-state index is 11.1. The van der Waals surface area contributed by atoms with Crippen LogP contribution in [0.15, 0.2) is 36.4 Å². The average Bonchev–Trinajstić information content (AvgIpc) is 2.53. The lowest BCUT2D eigenvalue weighted by molar-refractivity contribution is -0.385. The Morgan fingerprint density at radius 1 is 0.773 bits per heavy atom. The van der Waals surface area contributed by atoms with Gasteiger partial charge in [0.05, 0.1) is 9.85 Å². The molecular formula is C14H10Br2N2O4. The molecule has 0 aliphatic carbocycles. The standard InChI is InChI=1S/C14H10Br2N2O4/c15-7-11-3-1-9(5-13(11)17(19)20)10-2-4-12(8-16)14(6-10)18(21)22/h1-6H,7-8H2. The summed E-state index contributed by atoms with van der Waals surface area (Å²) in [6.45, 7) is 0. The molecule has 0 aliphatic rings. The third-order valence-corrected chi connectivity index (χ3v) is 4.39. The molecule has 0 spiro atoms. The fourth-order valence-electron chi connectivity index (χ4n) is 2.05. The summed E-state index contributed by atoms with van der Waals surface area (Å²) in [5, 5.41) is 23.0. The smallest absolute Gasteiger partial charge is 0.258 e. The Balaban J connectivity index is 2.57. The zero-order chi connectivity index (χ0) is 16.3. The number of nitrogens with zero attached hydrogens (tertiary/aromatic N) is 2. The summed E-state index contributed by atoms with van der Waals surface area (Å²) >= 11 is 6.42. The normalized spacial score (nSPS) is 10.5. The second kappa shape index (κ2) is 6.97. The minimum Gasteiger partial charge on any atom is -0.258 e. The van der Waals surface area contributed by atoms with Gasteiger partial charge in [-0.2, -0.15) is 0 Å². The van der Waals surface area contributed by atoms with Crippen LogP contribution in [0, 0.1) is 20.2 Å². The molecule has 2 rings (SSSR count). The van der Waals surface area contributed by atoms with Crippen LogP contribution < -0.4 is 0 Å². The first-order chi connectivity index (χ1) is 10.5. The Morgan fingerprint density at radius 3 is 1.41 bits per heavy atom. The summed E-state index contributed by atoms with van der Waals surface area (Å²) in [6, 6.07) is 9.60. The van der Waals surface area contributed by atoms with Gasteiger partial charge < -0.3 is 0 Å². The van der Waals surface area contributed by atoms with Crippen LogP contribution in [0.5, 0.6) is 0 Å². The van der Waals surface area contributed by atoms with E-state index in [1.54, 1.807) is 24.3 Å². The van der Waals surface area contributed by atoms with Crippen LogP contribution in [0.2, 0.25) is 0 Å². The Labute approximate surface area is 142 Å². The molecule has 8 heteroatoms. The Bertz CT molecular complexity index is 686. The topological polar surface area (TPSA) is 86.3 Å². The highest BCUT2D eigenvalue weighted by Gasteiger charge is 2.17. The van der Waals surface area contributed by atoms with Gasteiger partial charge in [0, 0.05) is 33.9 Å². The fraction of sp³-hybridized carbons (Fsp3) is 0.143. The highest BCUT2D eigenvalue weighted by Crippen LogP contribution is 2.32. The lowest BCUT2D eigenvalue weighted by Gasteiger charge is -2.06. The number of rotatable bonds is 5. The Kier molecular flexibility index (Phi) is 5.25. The first-order valence-electron chi connectivity index (χ1n) is 6.15. The second-order valence-electron chi connectivity index (χ2n) is 4.47. The lowest BCUT2D eigenvalue weighted by atomic mass is 10.0. The largest absolute Gasteiger partial charge is 0.274 e. The van der Waals surface area contributed by atoms with Crippen LogP contribution >= 0.6 is 31.9 Å². The number of alkyl halides is 2. The summed E-state index contributed by atoms with van der Waals surface area (Å²) < 4.78 is 0. The van der Waals surface area contributed by atoms with Gasteiger partial charge in [0.25, 0.3) is 11.4 Å². The highest BCUT2D eigenvalue weighted by molar-refractivity contribution is 9.08. The molecule has 22 heavy (non-hydrogen) atoms. The van der Waals surface area contributed by atoms with Gasteiger partial charge in [0.2, 0.25) is 0 Å². The molecule has 6 nitrogen and oxygen atoms in total. The highest BCUT2D eigenvalue weighted by atomic mass is 79.9. The van der Waals surface area contributed by atoms with E-state index in [1.807, 2.05) is 0 Å². The van der Waals surface area contributed by atoms with Crippen molar-refractivity contribution in [3.8, 4) is 11.1 Å². The van der Waals surface area contributed by atoms with Crippen LogP contribution in [0.1, 0.15) is 11.1 Å². The number of hydrogen-bond acceptors (Lipinski definition) is 4. The maximum Gasteiger partial charge on any atom is 0.274 e. The van der Waals surface area contributed by atoms with Gasteiger partial charge >= 0.3 is 0 Å². The van der Waals surface area contributed by atoms with E-state index in [0.29, 0.717) is 32.9 Å². The minimum atomic E-state index is -0.457. The quantitative estimate of drug-likeness (QED) is 0.381. The van der Waals surface area contributed by atoms with Gasteiger partial charge in [0.15, 0.2) is 0 Å². The van der Waals surface area contributed by atoms with Crippen molar-refractivity contribution in [1.29, 1.82) is 0 Å². The molecule has 0 bridgehead atoms. The number of hydrogen-bond donors (Lipinski definition) is 0. The number of benzene rings is 2. The van der Waals surface area contributed by atoms with Gasteiger partial charge in [-0.3, -0.25) is 20.2 Å². The van der Waals surface area contributed by atoms with Crippen molar-refractivity contribution in [2.75, 3.05) is 0 Å². The molecule has 0 fully saturated rings. The van der Waals surface area contributed by atoms with Gasteiger partial charge in [0.1, 0.15) is 0 Å². The van der Waals surface area contributed by atoms with Crippen LogP contribution in [-0.2, 0) is 10.7 Å². The van der Waals surface area contributed by atoms with Crippen molar-refractivity contribution in [3.63, 3.8) is 0 Å². The molecule has 0 radical (unpaired) electrons. The molecule has 0 atom stereocenters. The molecule has 2 aromatic rings. The second-order valence-corrected chi connectivity index (χ2v) is 5.59. The first kappa shape index (κ1) is 16.6. The lowest BCUT2D eigenvalue weighted by Crippen LogP contribution is -1.96. The molecule has 114 valence electrons. The summed E-state index contributed by atoms with van der Waals surface area (Å²) in [7, 11) is 0. The van der Waals surface area contributed by atoms with Crippen molar-refractivity contribution < 1.29 is 9.85 Å². The Hall–Kier alpha value is -1.80. The molecule has 0 aromatic heterocycles. The Morgan fingerprint density at radius 2 is 1.14 bits per heavy atom. The van der Waals surface area contributed by atoms with E-state index < -0.39 is 9.85 Å². The van der Waals surface area contributed by atoms with E-state index in [2.05, 4.69) is 31.9 Å². The van der Waals surface area contributed by atoms with Crippen molar-refractivity contribution in [2.45, 2.75) is 10.7 Å². The maximum atomic E-state index is 11.1. The van der Waals surface area contributed by atoms with Crippen molar-refractivity contribution >= 4 is 43.2 Å². The summed E-state index contributed by atoms with van der Waals surface area (Å²) in [6.07, 6.45) is 0. The van der Waals surface area contributed by atoms with Crippen molar-refractivity contribution in [2.24, 2.45) is 0 Å².